The van der Waals surface area contributed by atoms with Crippen molar-refractivity contribution in [2.45, 2.75) is 75.5 Å². The summed E-state index contributed by atoms with van der Waals surface area (Å²) in [5, 5.41) is 38.5. The van der Waals surface area contributed by atoms with Crippen LogP contribution in [-0.4, -0.2) is 90.1 Å². The van der Waals surface area contributed by atoms with Crippen LogP contribution >= 0.6 is 11.3 Å². The lowest BCUT2D eigenvalue weighted by Gasteiger charge is -2.29. The van der Waals surface area contributed by atoms with E-state index >= 15 is 0 Å². The van der Waals surface area contributed by atoms with Gasteiger partial charge in [-0.3, -0.25) is 14.4 Å². The summed E-state index contributed by atoms with van der Waals surface area (Å²) in [6.45, 7) is 1.66. The lowest BCUT2D eigenvalue weighted by molar-refractivity contribution is -0.145. The van der Waals surface area contributed by atoms with Crippen molar-refractivity contribution in [3.05, 3.63) is 77.3 Å². The highest BCUT2D eigenvalue weighted by Crippen LogP contribution is 2.46. The predicted octanol–water partition coefficient (Wildman–Crippen LogP) is 4.51. The molecule has 7 rings (SSSR count). The summed E-state index contributed by atoms with van der Waals surface area (Å²) in [6.07, 6.45) is 9.11. The topological polar surface area (TPSA) is 189 Å². The van der Waals surface area contributed by atoms with E-state index in [-0.39, 0.29) is 36.6 Å². The molecular weight excluding hydrogens is 699 g/mol. The van der Waals surface area contributed by atoms with Crippen LogP contribution in [0.15, 0.2) is 66.2 Å². The van der Waals surface area contributed by atoms with Crippen molar-refractivity contribution >= 4 is 35.0 Å². The number of methoxy groups -OCH3 is 1. The maximum Gasteiger partial charge on any atom is 0.330 e. The molecule has 3 amide bonds. The number of phenols is 1. The Bertz CT molecular complexity index is 2050. The number of carbonyl (C=O) groups excluding carboxylic acids is 3. The Kier molecular flexibility index (Phi) is 10.0. The molecule has 2 fully saturated rings. The number of carboxylic acids is 1. The summed E-state index contributed by atoms with van der Waals surface area (Å²) in [4.78, 5) is 62.4. The number of aromatic hydroxyl groups is 1. The summed E-state index contributed by atoms with van der Waals surface area (Å²) in [7, 11) is 1.59. The van der Waals surface area contributed by atoms with Crippen LogP contribution in [0.4, 0.5) is 0 Å². The molecule has 276 valence electrons. The molecule has 2 aliphatic heterocycles. The van der Waals surface area contributed by atoms with E-state index in [1.54, 1.807) is 32.4 Å². The third kappa shape index (κ3) is 7.12. The molecule has 14 nitrogen and oxygen atoms in total. The number of fused-ring (bicyclic) bond motifs is 2. The fourth-order valence-electron chi connectivity index (χ4n) is 7.26. The van der Waals surface area contributed by atoms with Gasteiger partial charge in [-0.25, -0.2) is 9.78 Å². The van der Waals surface area contributed by atoms with E-state index in [0.29, 0.717) is 40.6 Å². The number of phenolic OH excluding ortho intramolecular Hbond substituents is 1. The molecule has 0 spiro atoms. The maximum absolute atomic E-state index is 14.6. The van der Waals surface area contributed by atoms with Crippen molar-refractivity contribution in [2.75, 3.05) is 13.7 Å². The zero-order chi connectivity index (χ0) is 37.3. The predicted molar refractivity (Wildman–Crippen MR) is 195 cm³/mol. The van der Waals surface area contributed by atoms with E-state index in [0.717, 1.165) is 24.8 Å². The highest BCUT2D eigenvalue weighted by molar-refractivity contribution is 7.13. The van der Waals surface area contributed by atoms with E-state index in [1.807, 2.05) is 41.8 Å². The molecule has 53 heavy (non-hydrogen) atoms. The molecule has 5 atom stereocenters. The third-order valence-corrected chi connectivity index (χ3v) is 11.2. The Labute approximate surface area is 309 Å². The van der Waals surface area contributed by atoms with E-state index in [9.17, 15) is 29.4 Å². The van der Waals surface area contributed by atoms with E-state index < -0.39 is 47.4 Å². The van der Waals surface area contributed by atoms with Crippen LogP contribution in [0, 0.1) is 12.8 Å². The zero-order valence-corrected chi connectivity index (χ0v) is 30.2. The molecule has 1 saturated heterocycles. The Morgan fingerprint density at radius 2 is 1.87 bits per heavy atom. The van der Waals surface area contributed by atoms with E-state index in [4.69, 9.17) is 14.9 Å². The SMILES string of the molecule is COc1ccc(-c2nn([C@@H]3C[C@H]4C(=O)N[C@]5(C(=O)O)C[C@@H]5/C=C\CCCCC[C@H](NC(=O)c5cccc(O)c5C)C(=O)N4C3)nc2-c2nccs2)cc1. The molecule has 3 aliphatic rings. The van der Waals surface area contributed by atoms with Crippen molar-refractivity contribution in [1.29, 1.82) is 0 Å². The Morgan fingerprint density at radius 1 is 1.08 bits per heavy atom. The third-order valence-electron chi connectivity index (χ3n) is 10.4. The van der Waals surface area contributed by atoms with Gasteiger partial charge in [0.1, 0.15) is 45.5 Å². The van der Waals surface area contributed by atoms with Gasteiger partial charge in [0.15, 0.2) is 0 Å². The number of carbonyl (C=O) groups is 4. The molecule has 15 heteroatoms. The van der Waals surface area contributed by atoms with Gasteiger partial charge in [0.25, 0.3) is 5.91 Å². The van der Waals surface area contributed by atoms with Gasteiger partial charge in [-0.2, -0.15) is 9.90 Å². The fraction of sp³-hybridized carbons (Fsp3) is 0.395. The van der Waals surface area contributed by atoms with Crippen LogP contribution in [0.25, 0.3) is 22.0 Å². The number of rotatable bonds is 7. The first-order chi connectivity index (χ1) is 25.6. The maximum atomic E-state index is 14.6. The van der Waals surface area contributed by atoms with Crippen LogP contribution in [0.2, 0.25) is 0 Å². The van der Waals surface area contributed by atoms with Gasteiger partial charge in [-0.1, -0.05) is 31.1 Å². The van der Waals surface area contributed by atoms with Crippen LogP contribution in [0.5, 0.6) is 11.5 Å². The average Bonchev–Trinajstić information content (AvgIpc) is 3.61. The molecule has 4 aromatic rings. The highest BCUT2D eigenvalue weighted by atomic mass is 32.1. The normalized spacial score (nSPS) is 25.3. The Balaban J connectivity index is 1.25. The van der Waals surface area contributed by atoms with Crippen LogP contribution in [-0.2, 0) is 14.4 Å². The highest BCUT2D eigenvalue weighted by Gasteiger charge is 2.61. The first kappa shape index (κ1) is 35.8. The molecule has 4 heterocycles. The Hall–Kier alpha value is -5.57. The molecule has 4 N–H and O–H groups in total. The van der Waals surface area contributed by atoms with Crippen molar-refractivity contribution in [3.63, 3.8) is 0 Å². The van der Waals surface area contributed by atoms with Crippen molar-refractivity contribution in [1.82, 2.24) is 35.5 Å². The first-order valence-electron chi connectivity index (χ1n) is 17.7. The van der Waals surface area contributed by atoms with Crippen LogP contribution in [0.1, 0.15) is 66.9 Å². The van der Waals surface area contributed by atoms with Crippen LogP contribution < -0.4 is 15.4 Å². The standard InChI is InChI=1S/C38H41N7O7S/c1-22-27(10-8-12-30(22)46)33(47)40-28-11-7-5-3-4-6-9-24-20-38(24,37(50)51)41-34(48)29-19-25(21-44(29)36(28)49)45-42-31(23-13-15-26(52-2)16-14-23)32(43-45)35-39-17-18-53-35/h6,8-10,12-18,24-25,28-29,46H,3-5,7,11,19-21H2,1-2H3,(H,40,47)(H,41,48)(H,50,51)/b9-6-/t24-,25+,28-,29-,38+/m0/s1. The van der Waals surface area contributed by atoms with E-state index in [2.05, 4.69) is 15.6 Å². The quantitative estimate of drug-likeness (QED) is 0.196. The molecule has 0 bridgehead atoms. The van der Waals surface area contributed by atoms with Gasteiger partial charge in [-0.05, 0) is 69.0 Å². The number of thiazole rings is 1. The summed E-state index contributed by atoms with van der Waals surface area (Å²) in [6, 6.07) is 9.38. The molecule has 1 aliphatic carbocycles. The molecule has 2 aromatic heterocycles. The lowest BCUT2D eigenvalue weighted by atomic mass is 10.0. The van der Waals surface area contributed by atoms with Crippen molar-refractivity contribution in [2.24, 2.45) is 5.92 Å². The number of nitrogens with one attached hydrogen (secondary N) is 2. The molecule has 2 aromatic carbocycles. The number of nitrogens with zero attached hydrogens (tertiary/aromatic N) is 5. The number of carboxylic acid groups (broad SMARTS) is 1. The van der Waals surface area contributed by atoms with Gasteiger partial charge < -0.3 is 30.5 Å². The van der Waals surface area contributed by atoms with Gasteiger partial charge >= 0.3 is 5.97 Å². The number of ether oxygens (including phenoxy) is 1. The molecular formula is C38H41N7O7S. The lowest BCUT2D eigenvalue weighted by Crippen LogP contribution is -2.56. The minimum atomic E-state index is -1.47. The number of hydrogen-bond acceptors (Lipinski definition) is 10. The number of hydrogen-bond donors (Lipinski definition) is 4. The van der Waals surface area contributed by atoms with Gasteiger partial charge in [0, 0.05) is 47.2 Å². The second-order valence-electron chi connectivity index (χ2n) is 13.8. The second-order valence-corrected chi connectivity index (χ2v) is 14.7. The number of benzene rings is 2. The van der Waals surface area contributed by atoms with E-state index in [1.165, 1.54) is 27.1 Å². The summed E-state index contributed by atoms with van der Waals surface area (Å²) >= 11 is 1.40. The zero-order valence-electron chi connectivity index (χ0n) is 29.4. The van der Waals surface area contributed by atoms with Crippen LogP contribution in [0.3, 0.4) is 0 Å². The minimum absolute atomic E-state index is 0.0336. The van der Waals surface area contributed by atoms with Crippen molar-refractivity contribution < 1.29 is 34.1 Å². The molecule has 1 saturated carbocycles. The monoisotopic (exact) mass is 739 g/mol. The van der Waals surface area contributed by atoms with Gasteiger partial charge in [0.05, 0.1) is 13.2 Å². The smallest absolute Gasteiger partial charge is 0.330 e. The van der Waals surface area contributed by atoms with Gasteiger partial charge in [-0.15, -0.1) is 16.4 Å². The summed E-state index contributed by atoms with van der Waals surface area (Å²) in [5.74, 6) is -2.44. The van der Waals surface area contributed by atoms with Gasteiger partial charge in [0.2, 0.25) is 11.8 Å². The largest absolute Gasteiger partial charge is 0.508 e. The average molecular weight is 740 g/mol. The first-order valence-corrected chi connectivity index (χ1v) is 18.6. The van der Waals surface area contributed by atoms with Crippen molar-refractivity contribution in [3.8, 4) is 33.5 Å². The number of aromatic nitrogens is 4. The Morgan fingerprint density at radius 3 is 2.60 bits per heavy atom. The second kappa shape index (κ2) is 14.8. The summed E-state index contributed by atoms with van der Waals surface area (Å²) in [5.41, 5.74) is 1.01. The number of aliphatic carboxylic acids is 1. The minimum Gasteiger partial charge on any atom is -0.508 e. The number of amides is 3. The fourth-order valence-corrected chi connectivity index (χ4v) is 7.89. The summed E-state index contributed by atoms with van der Waals surface area (Å²) < 4.78 is 5.34. The number of allylic oxidation sites excluding steroid dienone is 1. The molecule has 0 radical (unpaired) electrons. The molecule has 0 unspecified atom stereocenters.